The molecule has 2 amide bonds. The maximum atomic E-state index is 14.7. The summed E-state index contributed by atoms with van der Waals surface area (Å²) in [4.78, 5) is 30.5. The number of urea groups is 1. The van der Waals surface area contributed by atoms with E-state index in [0.717, 1.165) is 50.6 Å². The van der Waals surface area contributed by atoms with Crippen LogP contribution in [0.2, 0.25) is 0 Å². The normalized spacial score (nSPS) is 11.9. The molecule has 0 spiro atoms. The number of halogens is 3. The molecule has 57 heavy (non-hydrogen) atoms. The Morgan fingerprint density at radius 3 is 2.21 bits per heavy atom. The first-order chi connectivity index (χ1) is 27.6. The molecule has 1 heterocycles. The number of hydrogen-bond donors (Lipinski definition) is 2. The summed E-state index contributed by atoms with van der Waals surface area (Å²) in [6, 6.07) is 40.0. The monoisotopic (exact) mass is 761 g/mol. The predicted molar refractivity (Wildman–Crippen MR) is 220 cm³/mol. The van der Waals surface area contributed by atoms with E-state index in [-0.39, 0.29) is 12.1 Å². The fraction of sp³-hybridized carbons (Fsp3) is 0.146. The van der Waals surface area contributed by atoms with Crippen LogP contribution >= 0.6 is 0 Å². The summed E-state index contributed by atoms with van der Waals surface area (Å²) in [6.45, 7) is 3.90. The van der Waals surface area contributed by atoms with Crippen molar-refractivity contribution in [3.63, 3.8) is 0 Å². The second-order valence-corrected chi connectivity index (χ2v) is 14.0. The molecule has 9 heteroatoms. The number of benzene rings is 6. The van der Waals surface area contributed by atoms with Crippen LogP contribution in [0.5, 0.6) is 0 Å². The van der Waals surface area contributed by atoms with Gasteiger partial charge in [-0.3, -0.25) is 0 Å². The molecule has 1 aliphatic rings. The molecule has 0 saturated heterocycles. The number of carbonyl (C=O) groups excluding carboxylic acids is 2. The largest absolute Gasteiger partial charge is 0.462 e. The number of nitrogens with one attached hydrogen (secondary N) is 2. The van der Waals surface area contributed by atoms with E-state index in [1.807, 2.05) is 49.4 Å². The summed E-state index contributed by atoms with van der Waals surface area (Å²) < 4.78 is 49.3. The minimum absolute atomic E-state index is 0.149. The number of esters is 1. The Kier molecular flexibility index (Phi) is 10.1. The van der Waals surface area contributed by atoms with E-state index in [2.05, 4.69) is 47.0 Å². The van der Waals surface area contributed by atoms with Crippen molar-refractivity contribution in [2.45, 2.75) is 39.3 Å². The van der Waals surface area contributed by atoms with E-state index in [9.17, 15) is 22.8 Å². The third kappa shape index (κ3) is 7.61. The predicted octanol–water partition coefficient (Wildman–Crippen LogP) is 12.1. The molecule has 0 unspecified atom stereocenters. The van der Waals surface area contributed by atoms with Crippen molar-refractivity contribution >= 4 is 34.3 Å². The third-order valence-electron chi connectivity index (χ3n) is 10.3. The minimum atomic E-state index is -4.65. The lowest BCUT2D eigenvalue weighted by Gasteiger charge is -2.18. The number of alkyl halides is 3. The molecule has 0 aliphatic heterocycles. The first-order valence-electron chi connectivity index (χ1n) is 18.9. The summed E-state index contributed by atoms with van der Waals surface area (Å²) in [6.07, 6.45) is -2.83. The van der Waals surface area contributed by atoms with E-state index >= 15 is 0 Å². The van der Waals surface area contributed by atoms with Crippen molar-refractivity contribution in [2.75, 3.05) is 17.2 Å². The van der Waals surface area contributed by atoms with Gasteiger partial charge in [-0.05, 0) is 125 Å². The molecule has 8 rings (SSSR count). The van der Waals surface area contributed by atoms with Gasteiger partial charge in [-0.15, -0.1) is 0 Å². The molecule has 1 aliphatic carbocycles. The smallest absolute Gasteiger partial charge is 0.418 e. The minimum Gasteiger partial charge on any atom is -0.462 e. The highest BCUT2D eigenvalue weighted by Crippen LogP contribution is 2.45. The first kappa shape index (κ1) is 37.2. The van der Waals surface area contributed by atoms with E-state index in [1.165, 1.54) is 6.07 Å². The van der Waals surface area contributed by atoms with Crippen LogP contribution in [0.1, 0.15) is 57.6 Å². The Morgan fingerprint density at radius 2 is 1.44 bits per heavy atom. The van der Waals surface area contributed by atoms with Crippen LogP contribution in [0, 0.1) is 0 Å². The van der Waals surface area contributed by atoms with Crippen LogP contribution in [0.4, 0.5) is 29.3 Å². The van der Waals surface area contributed by atoms with Crippen molar-refractivity contribution in [3.05, 3.63) is 172 Å². The average molecular weight is 762 g/mol. The van der Waals surface area contributed by atoms with Crippen LogP contribution in [-0.2, 0) is 30.2 Å². The lowest BCUT2D eigenvalue weighted by atomic mass is 9.91. The summed E-state index contributed by atoms with van der Waals surface area (Å²) in [5.41, 5.74) is 9.97. The Hall–Kier alpha value is -6.74. The van der Waals surface area contributed by atoms with Gasteiger partial charge in [0, 0.05) is 22.3 Å². The van der Waals surface area contributed by atoms with Gasteiger partial charge in [-0.25, -0.2) is 14.6 Å². The average Bonchev–Trinajstić information content (AvgIpc) is 3.58. The molecule has 0 bridgehead atoms. The van der Waals surface area contributed by atoms with Gasteiger partial charge in [0.15, 0.2) is 0 Å². The molecule has 1 aromatic heterocycles. The van der Waals surface area contributed by atoms with Crippen molar-refractivity contribution in [3.8, 4) is 33.5 Å². The van der Waals surface area contributed by atoms with Gasteiger partial charge in [0.25, 0.3) is 0 Å². The Balaban J connectivity index is 1.21. The number of pyridine rings is 1. The second kappa shape index (κ2) is 15.4. The number of carbonyl (C=O) groups is 2. The van der Waals surface area contributed by atoms with Crippen molar-refractivity contribution in [2.24, 2.45) is 0 Å². The molecular weight excluding hydrogens is 724 g/mol. The van der Waals surface area contributed by atoms with Crippen LogP contribution in [0.15, 0.2) is 133 Å². The van der Waals surface area contributed by atoms with Gasteiger partial charge in [-0.2, -0.15) is 13.2 Å². The highest BCUT2D eigenvalue weighted by Gasteiger charge is 2.34. The second-order valence-electron chi connectivity index (χ2n) is 14.0. The molecule has 6 aromatic carbocycles. The van der Waals surface area contributed by atoms with Crippen molar-refractivity contribution in [1.82, 2.24) is 4.98 Å². The number of anilines is 2. The van der Waals surface area contributed by atoms with E-state index in [4.69, 9.17) is 9.72 Å². The molecule has 7 aromatic rings. The Bertz CT molecular complexity index is 2670. The maximum absolute atomic E-state index is 14.7. The summed E-state index contributed by atoms with van der Waals surface area (Å²) in [7, 11) is 0. The number of nitrogens with zero attached hydrogens (tertiary/aromatic N) is 1. The number of rotatable bonds is 9. The molecule has 0 atom stereocenters. The fourth-order valence-corrected chi connectivity index (χ4v) is 7.74. The number of ether oxygens (including phenoxy) is 1. The van der Waals surface area contributed by atoms with Crippen LogP contribution < -0.4 is 10.6 Å². The molecule has 2 N–H and O–H groups in total. The molecule has 284 valence electrons. The number of para-hydroxylation sites is 1. The molecule has 0 fully saturated rings. The van der Waals surface area contributed by atoms with E-state index in [0.29, 0.717) is 58.4 Å². The number of hydrogen-bond acceptors (Lipinski definition) is 4. The lowest BCUT2D eigenvalue weighted by molar-refractivity contribution is -0.136. The standard InChI is InChI=1S/C48H38F3N3O3/c1-3-31-25-35(20-21-37(31)46(55)57-4-2)53-47(56)52-34-16-10-15-32(26-34)39-28-44(54-45-38(39)18-11-19-43(45)48(49,50)51)42-24-30(22-29-12-6-5-7-13-29)23-40-36-17-9-8-14-33(36)27-41(40)42/h5-21,23-26,28H,3-4,22,27H2,1-2H3,(H2,52,53,56). The Labute approximate surface area is 328 Å². The van der Waals surface area contributed by atoms with E-state index in [1.54, 1.807) is 49.4 Å². The van der Waals surface area contributed by atoms with Crippen LogP contribution in [-0.4, -0.2) is 23.6 Å². The lowest BCUT2D eigenvalue weighted by Crippen LogP contribution is -2.19. The zero-order valence-electron chi connectivity index (χ0n) is 31.3. The fourth-order valence-electron chi connectivity index (χ4n) is 7.74. The van der Waals surface area contributed by atoms with Crippen LogP contribution in [0.3, 0.4) is 0 Å². The van der Waals surface area contributed by atoms with Crippen molar-refractivity contribution in [1.29, 1.82) is 0 Å². The summed E-state index contributed by atoms with van der Waals surface area (Å²) >= 11 is 0. The SMILES string of the molecule is CCOC(=O)c1ccc(NC(=O)Nc2cccc(-c3cc(-c4cc(Cc5ccccc5)cc5c4Cc4ccccc4-5)nc4c(C(F)(F)F)cccc34)c2)cc1CC. The van der Waals surface area contributed by atoms with Crippen LogP contribution in [0.25, 0.3) is 44.4 Å². The van der Waals surface area contributed by atoms with Gasteiger partial charge in [-0.1, -0.05) is 91.9 Å². The number of aryl methyl sites for hydroxylation is 1. The Morgan fingerprint density at radius 1 is 0.702 bits per heavy atom. The zero-order valence-corrected chi connectivity index (χ0v) is 31.3. The van der Waals surface area contributed by atoms with E-state index < -0.39 is 23.7 Å². The number of amides is 2. The maximum Gasteiger partial charge on any atom is 0.418 e. The highest BCUT2D eigenvalue weighted by molar-refractivity contribution is 6.03. The quantitative estimate of drug-likeness (QED) is 0.144. The third-order valence-corrected chi connectivity index (χ3v) is 10.3. The molecule has 0 saturated carbocycles. The molecule has 6 nitrogen and oxygen atoms in total. The topological polar surface area (TPSA) is 80.3 Å². The zero-order chi connectivity index (χ0) is 39.7. The van der Waals surface area contributed by atoms with Gasteiger partial charge in [0.2, 0.25) is 0 Å². The molecular formula is C48H38F3N3O3. The summed E-state index contributed by atoms with van der Waals surface area (Å²) in [5, 5.41) is 6.02. The number of fused-ring (bicyclic) bond motifs is 4. The van der Waals surface area contributed by atoms with Gasteiger partial charge >= 0.3 is 18.2 Å². The van der Waals surface area contributed by atoms with Gasteiger partial charge < -0.3 is 15.4 Å². The first-order valence-corrected chi connectivity index (χ1v) is 18.9. The van der Waals surface area contributed by atoms with Crippen molar-refractivity contribution < 1.29 is 27.5 Å². The number of aromatic nitrogens is 1. The van der Waals surface area contributed by atoms with Gasteiger partial charge in [0.1, 0.15) is 0 Å². The highest BCUT2D eigenvalue weighted by atomic mass is 19.4. The van der Waals surface area contributed by atoms with Gasteiger partial charge in [0.05, 0.1) is 28.9 Å². The summed E-state index contributed by atoms with van der Waals surface area (Å²) in [5.74, 6) is -0.425. The molecule has 0 radical (unpaired) electrons.